The maximum absolute atomic E-state index is 2.33. The lowest BCUT2D eigenvalue weighted by atomic mass is 10.0. The van der Waals surface area contributed by atoms with E-state index in [1.165, 1.54) is 81.8 Å². The minimum atomic E-state index is 1.26. The fraction of sp³-hybridized carbons (Fsp3) is 0.684. The molecule has 0 N–H and O–H groups in total. The number of aryl methyl sites for hydroxylation is 2. The van der Waals surface area contributed by atoms with Crippen LogP contribution in [0, 0.1) is 6.92 Å². The quantitative estimate of drug-likeness (QED) is 0.401. The van der Waals surface area contributed by atoms with Gasteiger partial charge in [-0.25, -0.2) is 0 Å². The van der Waals surface area contributed by atoms with Gasteiger partial charge in [0.05, 0.1) is 0 Å². The Kier molecular flexibility index (Phi) is 9.49. The lowest BCUT2D eigenvalue weighted by Gasteiger charge is -2.04. The van der Waals surface area contributed by atoms with E-state index in [4.69, 9.17) is 0 Å². The lowest BCUT2D eigenvalue weighted by Crippen LogP contribution is -1.87. The molecule has 0 bridgehead atoms. The molecule has 0 heterocycles. The molecule has 0 aliphatic heterocycles. The van der Waals surface area contributed by atoms with Gasteiger partial charge >= 0.3 is 0 Å². The molecule has 0 aliphatic rings. The maximum Gasteiger partial charge on any atom is -0.0279 e. The van der Waals surface area contributed by atoms with Crippen molar-refractivity contribution >= 4 is 0 Å². The third kappa shape index (κ3) is 8.86. The smallest absolute Gasteiger partial charge is 0.0279 e. The van der Waals surface area contributed by atoms with Crippen molar-refractivity contribution in [1.29, 1.82) is 0 Å². The summed E-state index contributed by atoms with van der Waals surface area (Å²) in [5.74, 6) is 0. The van der Waals surface area contributed by atoms with Gasteiger partial charge in [-0.2, -0.15) is 0 Å². The van der Waals surface area contributed by atoms with E-state index in [-0.39, 0.29) is 0 Å². The zero-order chi connectivity index (χ0) is 13.8. The molecule has 0 spiro atoms. The van der Waals surface area contributed by atoms with Gasteiger partial charge in [0, 0.05) is 0 Å². The summed E-state index contributed by atoms with van der Waals surface area (Å²) in [4.78, 5) is 0. The molecule has 0 aromatic heterocycles. The summed E-state index contributed by atoms with van der Waals surface area (Å²) in [6, 6.07) is 8.96. The molecular weight excluding hydrogens is 228 g/mol. The summed E-state index contributed by atoms with van der Waals surface area (Å²) < 4.78 is 0. The highest BCUT2D eigenvalue weighted by molar-refractivity contribution is 5.22. The first-order valence-electron chi connectivity index (χ1n) is 8.38. The number of hydrogen-bond donors (Lipinski definition) is 0. The maximum atomic E-state index is 2.33. The van der Waals surface area contributed by atoms with Crippen LogP contribution in [0.25, 0.3) is 0 Å². The fourth-order valence-electron chi connectivity index (χ4n) is 2.68. The summed E-state index contributed by atoms with van der Waals surface area (Å²) in [7, 11) is 0. The largest absolute Gasteiger partial charge is 0.0654 e. The molecule has 0 unspecified atom stereocenters. The number of hydrogen-bond acceptors (Lipinski definition) is 0. The van der Waals surface area contributed by atoms with Crippen molar-refractivity contribution in [3.8, 4) is 0 Å². The van der Waals surface area contributed by atoms with E-state index in [0.717, 1.165) is 0 Å². The van der Waals surface area contributed by atoms with Crippen LogP contribution in [0.1, 0.15) is 82.3 Å². The molecule has 0 fully saturated rings. The van der Waals surface area contributed by atoms with Crippen LogP contribution in [0.3, 0.4) is 0 Å². The van der Waals surface area contributed by atoms with Crippen LogP contribution in [0.5, 0.6) is 0 Å². The Morgan fingerprint density at radius 1 is 0.737 bits per heavy atom. The topological polar surface area (TPSA) is 0 Å². The molecule has 1 rings (SSSR count). The first-order valence-corrected chi connectivity index (χ1v) is 8.38. The molecule has 19 heavy (non-hydrogen) atoms. The van der Waals surface area contributed by atoms with Crippen molar-refractivity contribution in [2.45, 2.75) is 84.5 Å². The second kappa shape index (κ2) is 11.1. The highest BCUT2D eigenvalue weighted by Crippen LogP contribution is 2.13. The summed E-state index contributed by atoms with van der Waals surface area (Å²) in [6.45, 7) is 4.47. The molecule has 0 aliphatic carbocycles. The fourth-order valence-corrected chi connectivity index (χ4v) is 2.68. The summed E-state index contributed by atoms with van der Waals surface area (Å²) in [6.07, 6.45) is 15.5. The minimum Gasteiger partial charge on any atom is -0.0654 e. The monoisotopic (exact) mass is 260 g/mol. The summed E-state index contributed by atoms with van der Waals surface area (Å²) in [5, 5.41) is 0. The number of unbranched alkanes of at least 4 members (excludes halogenated alkanes) is 9. The van der Waals surface area contributed by atoms with Gasteiger partial charge in [0.1, 0.15) is 0 Å². The van der Waals surface area contributed by atoms with E-state index in [0.29, 0.717) is 0 Å². The van der Waals surface area contributed by atoms with E-state index < -0.39 is 0 Å². The highest BCUT2D eigenvalue weighted by Gasteiger charge is 1.95. The highest BCUT2D eigenvalue weighted by atomic mass is 14.0. The van der Waals surface area contributed by atoms with Gasteiger partial charge < -0.3 is 0 Å². The Bertz CT molecular complexity index is 314. The molecule has 0 radical (unpaired) electrons. The third-order valence-corrected chi connectivity index (χ3v) is 3.90. The van der Waals surface area contributed by atoms with E-state index in [1.807, 2.05) is 0 Å². The predicted molar refractivity (Wildman–Crippen MR) is 86.7 cm³/mol. The Morgan fingerprint density at radius 3 is 1.89 bits per heavy atom. The molecule has 0 atom stereocenters. The van der Waals surface area contributed by atoms with Crippen molar-refractivity contribution in [3.05, 3.63) is 35.4 Å². The molecule has 0 heteroatoms. The van der Waals surface area contributed by atoms with Gasteiger partial charge in [-0.05, 0) is 25.3 Å². The first-order chi connectivity index (χ1) is 9.33. The predicted octanol–water partition coefficient (Wildman–Crippen LogP) is 6.46. The van der Waals surface area contributed by atoms with Crippen molar-refractivity contribution in [2.75, 3.05) is 0 Å². The van der Waals surface area contributed by atoms with Gasteiger partial charge in [-0.1, -0.05) is 94.5 Å². The molecule has 0 saturated carbocycles. The van der Waals surface area contributed by atoms with Gasteiger partial charge in [0.15, 0.2) is 0 Å². The van der Waals surface area contributed by atoms with Crippen LogP contribution < -0.4 is 0 Å². The second-order valence-electron chi connectivity index (χ2n) is 5.92. The Labute approximate surface area is 120 Å². The normalized spacial score (nSPS) is 10.8. The standard InChI is InChI=1S/C19H32/c1-3-4-5-6-7-8-9-10-11-12-15-19-16-13-14-18(2)17-19/h13-14,16-17H,3-12,15H2,1-2H3. The van der Waals surface area contributed by atoms with E-state index in [9.17, 15) is 0 Å². The Balaban J connectivity index is 1.89. The number of benzene rings is 1. The van der Waals surface area contributed by atoms with Crippen molar-refractivity contribution in [1.82, 2.24) is 0 Å². The molecule has 0 amide bonds. The van der Waals surface area contributed by atoms with Crippen LogP contribution in [0.4, 0.5) is 0 Å². The molecule has 1 aromatic rings. The van der Waals surface area contributed by atoms with Crippen LogP contribution >= 0.6 is 0 Å². The molecule has 1 aromatic carbocycles. The van der Waals surface area contributed by atoms with E-state index >= 15 is 0 Å². The molecular formula is C19H32. The first kappa shape index (κ1) is 16.3. The van der Waals surface area contributed by atoms with Crippen LogP contribution in [-0.2, 0) is 6.42 Å². The van der Waals surface area contributed by atoms with Crippen molar-refractivity contribution in [3.63, 3.8) is 0 Å². The van der Waals surface area contributed by atoms with Crippen molar-refractivity contribution < 1.29 is 0 Å². The molecule has 0 nitrogen and oxygen atoms in total. The molecule has 0 saturated heterocycles. The van der Waals surface area contributed by atoms with Gasteiger partial charge in [0.2, 0.25) is 0 Å². The van der Waals surface area contributed by atoms with Crippen LogP contribution in [0.2, 0.25) is 0 Å². The zero-order valence-corrected chi connectivity index (χ0v) is 13.1. The third-order valence-electron chi connectivity index (χ3n) is 3.90. The van der Waals surface area contributed by atoms with Gasteiger partial charge in [0.25, 0.3) is 0 Å². The molecule has 108 valence electrons. The van der Waals surface area contributed by atoms with Crippen LogP contribution in [0.15, 0.2) is 24.3 Å². The average molecular weight is 260 g/mol. The van der Waals surface area contributed by atoms with Gasteiger partial charge in [-0.15, -0.1) is 0 Å². The van der Waals surface area contributed by atoms with Crippen LogP contribution in [-0.4, -0.2) is 0 Å². The van der Waals surface area contributed by atoms with E-state index in [2.05, 4.69) is 38.1 Å². The Morgan fingerprint density at radius 2 is 1.32 bits per heavy atom. The SMILES string of the molecule is CCCCCCCCCCCCc1cccc(C)c1. The summed E-state index contributed by atoms with van der Waals surface area (Å²) >= 11 is 0. The second-order valence-corrected chi connectivity index (χ2v) is 5.92. The van der Waals surface area contributed by atoms with Crippen molar-refractivity contribution in [2.24, 2.45) is 0 Å². The Hall–Kier alpha value is -0.780. The van der Waals surface area contributed by atoms with Gasteiger partial charge in [-0.3, -0.25) is 0 Å². The van der Waals surface area contributed by atoms with E-state index in [1.54, 1.807) is 0 Å². The summed E-state index contributed by atoms with van der Waals surface area (Å²) in [5.41, 5.74) is 2.91. The number of rotatable bonds is 11. The minimum absolute atomic E-state index is 1.26. The lowest BCUT2D eigenvalue weighted by molar-refractivity contribution is 0.556. The zero-order valence-electron chi connectivity index (χ0n) is 13.1. The average Bonchev–Trinajstić information content (AvgIpc) is 2.41.